The average Bonchev–Trinajstić information content (AvgIpc) is 1.97. The molecule has 0 aromatic heterocycles. The Morgan fingerprint density at radius 3 is 2.64 bits per heavy atom. The molecule has 0 aliphatic carbocycles. The first kappa shape index (κ1) is 9.95. The Kier molecular flexibility index (Phi) is 5.17. The zero-order valence-corrected chi connectivity index (χ0v) is 6.95. The second-order valence-electron chi connectivity index (χ2n) is 2.43. The highest BCUT2D eigenvalue weighted by molar-refractivity contribution is 5.69. The van der Waals surface area contributed by atoms with Gasteiger partial charge in [0.05, 0.1) is 5.92 Å². The third-order valence-electron chi connectivity index (χ3n) is 1.35. The van der Waals surface area contributed by atoms with Gasteiger partial charge in [-0.25, -0.2) is 0 Å². The van der Waals surface area contributed by atoms with Crippen molar-refractivity contribution >= 4 is 5.97 Å². The molecule has 0 spiro atoms. The smallest absolute Gasteiger partial charge is 0.306 e. The van der Waals surface area contributed by atoms with Gasteiger partial charge in [0.1, 0.15) is 0 Å². The number of allylic oxidation sites excluding steroid dienone is 4. The largest absolute Gasteiger partial charge is 0.481 e. The maximum Gasteiger partial charge on any atom is 0.306 e. The Balaban J connectivity index is 3.61. The van der Waals surface area contributed by atoms with E-state index in [2.05, 4.69) is 0 Å². The molecule has 0 saturated carbocycles. The highest BCUT2D eigenvalue weighted by Crippen LogP contribution is 2.01. The fourth-order valence-electron chi connectivity index (χ4n) is 0.573. The van der Waals surface area contributed by atoms with Crippen LogP contribution in [0.3, 0.4) is 0 Å². The minimum absolute atomic E-state index is 0.281. The lowest BCUT2D eigenvalue weighted by atomic mass is 10.1. The van der Waals surface area contributed by atoms with Gasteiger partial charge in [0.2, 0.25) is 0 Å². The van der Waals surface area contributed by atoms with Gasteiger partial charge in [0.15, 0.2) is 0 Å². The average molecular weight is 154 g/mol. The van der Waals surface area contributed by atoms with Gasteiger partial charge in [-0.1, -0.05) is 31.2 Å². The SMILES string of the molecule is C/C=C/C=C/CC(C)C(=O)O. The molecule has 0 bridgehead atoms. The summed E-state index contributed by atoms with van der Waals surface area (Å²) >= 11 is 0. The summed E-state index contributed by atoms with van der Waals surface area (Å²) in [5.41, 5.74) is 0. The minimum Gasteiger partial charge on any atom is -0.481 e. The van der Waals surface area contributed by atoms with Crippen molar-refractivity contribution in [3.05, 3.63) is 24.3 Å². The van der Waals surface area contributed by atoms with Crippen LogP contribution in [0.4, 0.5) is 0 Å². The molecule has 0 fully saturated rings. The molecule has 1 unspecified atom stereocenters. The number of carboxylic acid groups (broad SMARTS) is 1. The predicted octanol–water partition coefficient (Wildman–Crippen LogP) is 2.23. The molecule has 62 valence electrons. The first-order chi connectivity index (χ1) is 5.18. The Labute approximate surface area is 67.2 Å². The van der Waals surface area contributed by atoms with E-state index in [0.717, 1.165) is 0 Å². The molecule has 0 radical (unpaired) electrons. The van der Waals surface area contributed by atoms with Crippen LogP contribution < -0.4 is 0 Å². The Hall–Kier alpha value is -1.05. The maximum atomic E-state index is 10.3. The van der Waals surface area contributed by atoms with Crippen LogP contribution in [0.2, 0.25) is 0 Å². The summed E-state index contributed by atoms with van der Waals surface area (Å²) in [4.78, 5) is 10.3. The monoisotopic (exact) mass is 154 g/mol. The molecule has 0 rings (SSSR count). The summed E-state index contributed by atoms with van der Waals surface area (Å²) in [5, 5.41) is 8.49. The van der Waals surface area contributed by atoms with Gasteiger partial charge < -0.3 is 5.11 Å². The van der Waals surface area contributed by atoms with Gasteiger partial charge >= 0.3 is 5.97 Å². The first-order valence-electron chi connectivity index (χ1n) is 3.69. The van der Waals surface area contributed by atoms with E-state index in [4.69, 9.17) is 5.11 Å². The van der Waals surface area contributed by atoms with Crippen molar-refractivity contribution in [1.29, 1.82) is 0 Å². The number of carboxylic acids is 1. The van der Waals surface area contributed by atoms with Crippen molar-refractivity contribution < 1.29 is 9.90 Å². The van der Waals surface area contributed by atoms with Crippen LogP contribution in [-0.4, -0.2) is 11.1 Å². The molecule has 0 saturated heterocycles. The van der Waals surface area contributed by atoms with Crippen molar-refractivity contribution in [3.8, 4) is 0 Å². The van der Waals surface area contributed by atoms with Crippen LogP contribution in [0, 0.1) is 5.92 Å². The van der Waals surface area contributed by atoms with E-state index < -0.39 is 5.97 Å². The van der Waals surface area contributed by atoms with Crippen molar-refractivity contribution in [3.63, 3.8) is 0 Å². The van der Waals surface area contributed by atoms with Crippen LogP contribution in [0.15, 0.2) is 24.3 Å². The third kappa shape index (κ3) is 5.40. The fourth-order valence-corrected chi connectivity index (χ4v) is 0.573. The van der Waals surface area contributed by atoms with Gasteiger partial charge in [-0.15, -0.1) is 0 Å². The highest BCUT2D eigenvalue weighted by atomic mass is 16.4. The number of carbonyl (C=O) groups is 1. The molecule has 1 atom stereocenters. The first-order valence-corrected chi connectivity index (χ1v) is 3.69. The number of hydrogen-bond acceptors (Lipinski definition) is 1. The molecule has 11 heavy (non-hydrogen) atoms. The maximum absolute atomic E-state index is 10.3. The standard InChI is InChI=1S/C9H14O2/c1-3-4-5-6-7-8(2)9(10)11/h3-6,8H,7H2,1-2H3,(H,10,11)/b4-3+,6-5+. The summed E-state index contributed by atoms with van der Waals surface area (Å²) in [6.45, 7) is 3.62. The Bertz CT molecular complexity index is 168. The van der Waals surface area contributed by atoms with E-state index >= 15 is 0 Å². The van der Waals surface area contributed by atoms with Gasteiger partial charge in [0, 0.05) is 0 Å². The van der Waals surface area contributed by atoms with E-state index in [1.807, 2.05) is 31.2 Å². The molecule has 2 heteroatoms. The fraction of sp³-hybridized carbons (Fsp3) is 0.444. The van der Waals surface area contributed by atoms with Crippen molar-refractivity contribution in [2.45, 2.75) is 20.3 Å². The molecule has 0 aromatic carbocycles. The van der Waals surface area contributed by atoms with E-state index in [0.29, 0.717) is 6.42 Å². The summed E-state index contributed by atoms with van der Waals surface area (Å²) in [6, 6.07) is 0. The van der Waals surface area contributed by atoms with Gasteiger partial charge in [-0.3, -0.25) is 4.79 Å². The van der Waals surface area contributed by atoms with E-state index in [-0.39, 0.29) is 5.92 Å². The number of aliphatic carboxylic acids is 1. The van der Waals surface area contributed by atoms with Gasteiger partial charge in [-0.2, -0.15) is 0 Å². The molecule has 0 amide bonds. The Morgan fingerprint density at radius 1 is 1.55 bits per heavy atom. The summed E-state index contributed by atoms with van der Waals surface area (Å²) < 4.78 is 0. The molecular formula is C9H14O2. The van der Waals surface area contributed by atoms with Crippen LogP contribution in [0.5, 0.6) is 0 Å². The molecule has 1 N–H and O–H groups in total. The van der Waals surface area contributed by atoms with Crippen molar-refractivity contribution in [2.24, 2.45) is 5.92 Å². The third-order valence-corrected chi connectivity index (χ3v) is 1.35. The van der Waals surface area contributed by atoms with Crippen molar-refractivity contribution in [2.75, 3.05) is 0 Å². The van der Waals surface area contributed by atoms with E-state index in [1.54, 1.807) is 6.92 Å². The summed E-state index contributed by atoms with van der Waals surface area (Å²) in [7, 11) is 0. The second-order valence-corrected chi connectivity index (χ2v) is 2.43. The van der Waals surface area contributed by atoms with E-state index in [9.17, 15) is 4.79 Å². The predicted molar refractivity (Wildman–Crippen MR) is 45.4 cm³/mol. The van der Waals surface area contributed by atoms with Crippen LogP contribution in [0.1, 0.15) is 20.3 Å². The second kappa shape index (κ2) is 5.71. The summed E-state index contributed by atoms with van der Waals surface area (Å²) in [6.07, 6.45) is 8.11. The van der Waals surface area contributed by atoms with Gasteiger partial charge in [-0.05, 0) is 13.3 Å². The van der Waals surface area contributed by atoms with E-state index in [1.165, 1.54) is 0 Å². The normalized spacial score (nSPS) is 14.4. The molecule has 0 heterocycles. The van der Waals surface area contributed by atoms with Crippen LogP contribution >= 0.6 is 0 Å². The molecule has 2 nitrogen and oxygen atoms in total. The van der Waals surface area contributed by atoms with Crippen LogP contribution in [-0.2, 0) is 4.79 Å². The lowest BCUT2D eigenvalue weighted by Crippen LogP contribution is -2.07. The number of rotatable bonds is 4. The molecule has 0 aromatic rings. The molecular weight excluding hydrogens is 140 g/mol. The quantitative estimate of drug-likeness (QED) is 0.630. The lowest BCUT2D eigenvalue weighted by molar-refractivity contribution is -0.140. The zero-order valence-electron chi connectivity index (χ0n) is 6.95. The zero-order chi connectivity index (χ0) is 8.69. The molecule has 0 aliphatic rings. The topological polar surface area (TPSA) is 37.3 Å². The van der Waals surface area contributed by atoms with Gasteiger partial charge in [0.25, 0.3) is 0 Å². The van der Waals surface area contributed by atoms with Crippen LogP contribution in [0.25, 0.3) is 0 Å². The number of hydrogen-bond donors (Lipinski definition) is 1. The summed E-state index contributed by atoms with van der Waals surface area (Å²) in [5.74, 6) is -1.02. The minimum atomic E-state index is -0.741. The Morgan fingerprint density at radius 2 is 2.18 bits per heavy atom. The molecule has 0 aliphatic heterocycles. The lowest BCUT2D eigenvalue weighted by Gasteiger charge is -1.98. The van der Waals surface area contributed by atoms with Crippen molar-refractivity contribution in [1.82, 2.24) is 0 Å². The highest BCUT2D eigenvalue weighted by Gasteiger charge is 2.06.